The topological polar surface area (TPSA) is 52.2 Å². The van der Waals surface area contributed by atoms with Crippen molar-refractivity contribution in [3.8, 4) is 0 Å². The highest BCUT2D eigenvalue weighted by Gasteiger charge is 2.09. The number of benzene rings is 1. The van der Waals surface area contributed by atoms with Crippen LogP contribution < -0.4 is 5.32 Å². The molecule has 1 amide bonds. The average molecular weight is 207 g/mol. The monoisotopic (exact) mass is 207 g/mol. The molecule has 0 aliphatic carbocycles. The third kappa shape index (κ3) is 3.34. The predicted molar refractivity (Wildman–Crippen MR) is 56.9 cm³/mol. The van der Waals surface area contributed by atoms with Crippen molar-refractivity contribution in [3.05, 3.63) is 35.4 Å². The molecule has 4 heteroatoms. The van der Waals surface area contributed by atoms with E-state index < -0.39 is 0 Å². The van der Waals surface area contributed by atoms with E-state index >= 15 is 0 Å². The molecule has 0 aromatic heterocycles. The SMILES string of the molecule is CN(C)CNC(=O)c1ccccc1C[O]. The van der Waals surface area contributed by atoms with Crippen LogP contribution in [0.4, 0.5) is 0 Å². The number of hydrogen-bond acceptors (Lipinski definition) is 2. The van der Waals surface area contributed by atoms with E-state index in [1.165, 1.54) is 0 Å². The van der Waals surface area contributed by atoms with Crippen molar-refractivity contribution in [2.75, 3.05) is 20.8 Å². The third-order valence-electron chi connectivity index (χ3n) is 1.97. The minimum atomic E-state index is -0.369. The lowest BCUT2D eigenvalue weighted by molar-refractivity contribution is 0.0929. The summed E-state index contributed by atoms with van der Waals surface area (Å²) >= 11 is 0. The van der Waals surface area contributed by atoms with Crippen molar-refractivity contribution in [1.29, 1.82) is 0 Å². The fourth-order valence-electron chi connectivity index (χ4n) is 1.19. The molecule has 0 fully saturated rings. The highest BCUT2D eigenvalue weighted by Crippen LogP contribution is 2.08. The summed E-state index contributed by atoms with van der Waals surface area (Å²) in [5, 5.41) is 13.5. The lowest BCUT2D eigenvalue weighted by Crippen LogP contribution is -2.33. The first-order valence-electron chi connectivity index (χ1n) is 4.74. The van der Waals surface area contributed by atoms with Crippen LogP contribution in [0.2, 0.25) is 0 Å². The summed E-state index contributed by atoms with van der Waals surface area (Å²) in [5.41, 5.74) is 1.00. The van der Waals surface area contributed by atoms with Gasteiger partial charge >= 0.3 is 0 Å². The minimum absolute atomic E-state index is 0.199. The van der Waals surface area contributed by atoms with Crippen LogP contribution in [0.25, 0.3) is 0 Å². The zero-order valence-corrected chi connectivity index (χ0v) is 8.99. The summed E-state index contributed by atoms with van der Waals surface area (Å²) in [6.07, 6.45) is 0. The van der Waals surface area contributed by atoms with Gasteiger partial charge in [0, 0.05) is 5.56 Å². The van der Waals surface area contributed by atoms with Gasteiger partial charge in [-0.15, -0.1) is 0 Å². The first kappa shape index (κ1) is 11.7. The lowest BCUT2D eigenvalue weighted by Gasteiger charge is -2.12. The second kappa shape index (κ2) is 5.48. The molecular formula is C11H15N2O2. The number of nitrogens with zero attached hydrogens (tertiary/aromatic N) is 1. The van der Waals surface area contributed by atoms with Crippen molar-refractivity contribution >= 4 is 5.91 Å². The molecule has 0 saturated carbocycles. The Labute approximate surface area is 89.5 Å². The van der Waals surface area contributed by atoms with Crippen LogP contribution in [-0.2, 0) is 11.7 Å². The standard InChI is InChI=1S/C11H15N2O2/c1-13(2)8-12-11(15)10-6-4-3-5-9(10)7-14/h3-6H,7-8H2,1-2H3,(H,12,15). The number of amides is 1. The van der Waals surface area contributed by atoms with Gasteiger partial charge in [0.2, 0.25) is 0 Å². The van der Waals surface area contributed by atoms with Crippen LogP contribution in [0.5, 0.6) is 0 Å². The van der Waals surface area contributed by atoms with E-state index in [1.807, 2.05) is 19.0 Å². The Morgan fingerprint density at radius 2 is 2.00 bits per heavy atom. The first-order chi connectivity index (χ1) is 7.15. The molecule has 0 atom stereocenters. The summed E-state index contributed by atoms with van der Waals surface area (Å²) in [6, 6.07) is 6.86. The number of carbonyl (C=O) groups excluding carboxylic acids is 1. The largest absolute Gasteiger partial charge is 0.339 e. The van der Waals surface area contributed by atoms with E-state index in [9.17, 15) is 9.90 Å². The quantitative estimate of drug-likeness (QED) is 0.745. The molecule has 4 nitrogen and oxygen atoms in total. The molecule has 1 radical (unpaired) electrons. The number of carbonyl (C=O) groups is 1. The summed E-state index contributed by atoms with van der Waals surface area (Å²) in [5.74, 6) is -0.199. The van der Waals surface area contributed by atoms with Crippen molar-refractivity contribution in [1.82, 2.24) is 10.2 Å². The van der Waals surface area contributed by atoms with Gasteiger partial charge in [-0.3, -0.25) is 9.69 Å². The molecule has 0 unspecified atom stereocenters. The summed E-state index contributed by atoms with van der Waals surface area (Å²) in [4.78, 5) is 13.5. The zero-order chi connectivity index (χ0) is 11.3. The Bertz CT molecular complexity index is 337. The normalized spacial score (nSPS) is 10.4. The van der Waals surface area contributed by atoms with Crippen LogP contribution in [0.1, 0.15) is 15.9 Å². The van der Waals surface area contributed by atoms with Crippen molar-refractivity contribution in [2.45, 2.75) is 6.61 Å². The zero-order valence-electron chi connectivity index (χ0n) is 8.99. The van der Waals surface area contributed by atoms with Gasteiger partial charge < -0.3 is 5.32 Å². The molecule has 1 N–H and O–H groups in total. The van der Waals surface area contributed by atoms with E-state index in [2.05, 4.69) is 5.32 Å². The van der Waals surface area contributed by atoms with Gasteiger partial charge in [0.15, 0.2) is 0 Å². The molecule has 0 aliphatic rings. The number of rotatable bonds is 4. The van der Waals surface area contributed by atoms with Crippen LogP contribution >= 0.6 is 0 Å². The average Bonchev–Trinajstić information content (AvgIpc) is 2.25. The summed E-state index contributed by atoms with van der Waals surface area (Å²) < 4.78 is 0. The van der Waals surface area contributed by atoms with E-state index in [4.69, 9.17) is 0 Å². The highest BCUT2D eigenvalue weighted by molar-refractivity contribution is 5.95. The van der Waals surface area contributed by atoms with E-state index in [0.29, 0.717) is 17.8 Å². The van der Waals surface area contributed by atoms with Crippen LogP contribution in [0.15, 0.2) is 24.3 Å². The van der Waals surface area contributed by atoms with Gasteiger partial charge in [-0.25, -0.2) is 5.11 Å². The van der Waals surface area contributed by atoms with Crippen molar-refractivity contribution < 1.29 is 9.90 Å². The maximum absolute atomic E-state index is 11.7. The molecule has 0 bridgehead atoms. The van der Waals surface area contributed by atoms with Gasteiger partial charge in [0.1, 0.15) is 6.61 Å². The first-order valence-corrected chi connectivity index (χ1v) is 4.74. The molecule has 0 spiro atoms. The Hall–Kier alpha value is -1.39. The molecule has 1 aromatic carbocycles. The van der Waals surface area contributed by atoms with Gasteiger partial charge in [-0.1, -0.05) is 18.2 Å². The van der Waals surface area contributed by atoms with Crippen molar-refractivity contribution in [2.24, 2.45) is 0 Å². The highest BCUT2D eigenvalue weighted by atomic mass is 16.3. The number of nitrogens with one attached hydrogen (secondary N) is 1. The number of hydrogen-bond donors (Lipinski definition) is 1. The Kier molecular flexibility index (Phi) is 4.27. The second-order valence-electron chi connectivity index (χ2n) is 3.55. The molecule has 0 aliphatic heterocycles. The second-order valence-corrected chi connectivity index (χ2v) is 3.55. The van der Waals surface area contributed by atoms with Gasteiger partial charge in [0.05, 0.1) is 6.67 Å². The van der Waals surface area contributed by atoms with E-state index in [1.54, 1.807) is 24.3 Å². The van der Waals surface area contributed by atoms with Gasteiger partial charge in [0.25, 0.3) is 5.91 Å². The molecule has 15 heavy (non-hydrogen) atoms. The fourth-order valence-corrected chi connectivity index (χ4v) is 1.19. The van der Waals surface area contributed by atoms with Gasteiger partial charge in [-0.2, -0.15) is 0 Å². The minimum Gasteiger partial charge on any atom is -0.339 e. The van der Waals surface area contributed by atoms with Crippen LogP contribution in [-0.4, -0.2) is 31.6 Å². The van der Waals surface area contributed by atoms with Crippen LogP contribution in [0, 0.1) is 0 Å². The Balaban J connectivity index is 2.72. The third-order valence-corrected chi connectivity index (χ3v) is 1.97. The summed E-state index contributed by atoms with van der Waals surface area (Å²) in [7, 11) is 3.72. The molecule has 81 valence electrons. The van der Waals surface area contributed by atoms with Crippen LogP contribution in [0.3, 0.4) is 0 Å². The maximum Gasteiger partial charge on any atom is 0.252 e. The Morgan fingerprint density at radius 1 is 1.33 bits per heavy atom. The predicted octanol–water partition coefficient (Wildman–Crippen LogP) is 0.866. The molecular weight excluding hydrogens is 192 g/mol. The molecule has 0 saturated heterocycles. The molecule has 0 heterocycles. The molecule has 1 rings (SSSR count). The lowest BCUT2D eigenvalue weighted by atomic mass is 10.1. The molecule has 1 aromatic rings. The Morgan fingerprint density at radius 3 is 2.60 bits per heavy atom. The summed E-state index contributed by atoms with van der Waals surface area (Å²) in [6.45, 7) is 0.0948. The van der Waals surface area contributed by atoms with Gasteiger partial charge in [-0.05, 0) is 25.7 Å². The van der Waals surface area contributed by atoms with E-state index in [-0.39, 0.29) is 12.5 Å². The van der Waals surface area contributed by atoms with Crippen molar-refractivity contribution in [3.63, 3.8) is 0 Å². The smallest absolute Gasteiger partial charge is 0.252 e. The van der Waals surface area contributed by atoms with E-state index in [0.717, 1.165) is 0 Å². The fraction of sp³-hybridized carbons (Fsp3) is 0.364. The maximum atomic E-state index is 11.7.